The summed E-state index contributed by atoms with van der Waals surface area (Å²) in [6.07, 6.45) is 1.38. The third-order valence-electron chi connectivity index (χ3n) is 4.39. The van der Waals surface area contributed by atoms with Crippen LogP contribution >= 0.6 is 0 Å². The van der Waals surface area contributed by atoms with Crippen LogP contribution in [0.1, 0.15) is 11.3 Å². The molecule has 1 amide bonds. The predicted octanol–water partition coefficient (Wildman–Crippen LogP) is 2.70. The number of rotatable bonds is 6. The topological polar surface area (TPSA) is 97.6 Å². The summed E-state index contributed by atoms with van der Waals surface area (Å²) in [7, 11) is -3.68. The van der Waals surface area contributed by atoms with E-state index in [1.165, 1.54) is 18.4 Å². The molecular formula is C20H18N2O5S. The fraction of sp³-hybridized carbons (Fsp3) is 0.150. The van der Waals surface area contributed by atoms with Gasteiger partial charge in [-0.1, -0.05) is 18.2 Å². The Morgan fingerprint density at radius 2 is 1.82 bits per heavy atom. The summed E-state index contributed by atoms with van der Waals surface area (Å²) < 4.78 is 37.9. The lowest BCUT2D eigenvalue weighted by molar-refractivity contribution is -0.122. The molecule has 1 aliphatic heterocycles. The van der Waals surface area contributed by atoms with Crippen molar-refractivity contribution in [3.8, 4) is 5.75 Å². The molecule has 0 aliphatic carbocycles. The van der Waals surface area contributed by atoms with Gasteiger partial charge in [0.2, 0.25) is 10.0 Å². The first-order valence-electron chi connectivity index (χ1n) is 8.69. The second kappa shape index (κ2) is 7.49. The summed E-state index contributed by atoms with van der Waals surface area (Å²) >= 11 is 0. The summed E-state index contributed by atoms with van der Waals surface area (Å²) in [6, 6.07) is 16.9. The fourth-order valence-electron chi connectivity index (χ4n) is 2.93. The van der Waals surface area contributed by atoms with E-state index in [4.69, 9.17) is 9.15 Å². The Morgan fingerprint density at radius 1 is 1.04 bits per heavy atom. The minimum atomic E-state index is -3.68. The molecule has 0 saturated carbocycles. The highest BCUT2D eigenvalue weighted by Crippen LogP contribution is 2.28. The molecule has 0 bridgehead atoms. The molecule has 144 valence electrons. The Morgan fingerprint density at radius 3 is 2.54 bits per heavy atom. The van der Waals surface area contributed by atoms with E-state index >= 15 is 0 Å². The summed E-state index contributed by atoms with van der Waals surface area (Å²) in [5, 5.41) is 2.76. The van der Waals surface area contributed by atoms with Crippen LogP contribution in [0.15, 0.2) is 76.2 Å². The zero-order valence-electron chi connectivity index (χ0n) is 14.8. The largest absolute Gasteiger partial charge is 0.480 e. The molecule has 2 N–H and O–H groups in total. The highest BCUT2D eigenvalue weighted by Gasteiger charge is 2.28. The number of furan rings is 1. The lowest BCUT2D eigenvalue weighted by Gasteiger charge is -2.12. The Kier molecular flexibility index (Phi) is 4.89. The predicted molar refractivity (Wildman–Crippen MR) is 102 cm³/mol. The maximum absolute atomic E-state index is 12.4. The maximum Gasteiger partial charge on any atom is 0.265 e. The van der Waals surface area contributed by atoms with Crippen molar-refractivity contribution in [1.29, 1.82) is 0 Å². The number of anilines is 1. The number of benzene rings is 2. The number of amides is 1. The number of sulfonamides is 1. The number of fused-ring (bicyclic) bond motifs is 1. The maximum atomic E-state index is 12.4. The smallest absolute Gasteiger partial charge is 0.265 e. The van der Waals surface area contributed by atoms with Gasteiger partial charge in [0.05, 0.1) is 17.7 Å². The average Bonchev–Trinajstić information content (AvgIpc) is 3.36. The van der Waals surface area contributed by atoms with Crippen LogP contribution in [0.5, 0.6) is 5.75 Å². The Labute approximate surface area is 162 Å². The molecule has 7 nitrogen and oxygen atoms in total. The molecule has 0 unspecified atom stereocenters. The molecule has 1 aliphatic rings. The van der Waals surface area contributed by atoms with E-state index < -0.39 is 16.1 Å². The van der Waals surface area contributed by atoms with E-state index in [0.717, 1.165) is 5.56 Å². The molecule has 0 saturated heterocycles. The molecule has 4 rings (SSSR count). The van der Waals surface area contributed by atoms with Gasteiger partial charge >= 0.3 is 0 Å². The number of hydrogen-bond acceptors (Lipinski definition) is 5. The van der Waals surface area contributed by atoms with Crippen LogP contribution in [0.2, 0.25) is 0 Å². The third-order valence-corrected chi connectivity index (χ3v) is 5.81. The number of hydrogen-bond donors (Lipinski definition) is 2. The summed E-state index contributed by atoms with van der Waals surface area (Å²) in [4.78, 5) is 12.5. The number of nitrogens with one attached hydrogen (secondary N) is 2. The molecule has 0 fully saturated rings. The molecule has 2 aromatic carbocycles. The van der Waals surface area contributed by atoms with Gasteiger partial charge in [-0.3, -0.25) is 4.79 Å². The Hall–Kier alpha value is -3.10. The zero-order valence-corrected chi connectivity index (χ0v) is 15.6. The van der Waals surface area contributed by atoms with Gasteiger partial charge in [0, 0.05) is 12.1 Å². The second-order valence-electron chi connectivity index (χ2n) is 6.34. The highest BCUT2D eigenvalue weighted by molar-refractivity contribution is 7.89. The minimum Gasteiger partial charge on any atom is -0.480 e. The zero-order chi connectivity index (χ0) is 19.6. The third kappa shape index (κ3) is 3.92. The Bertz CT molecular complexity index is 1050. The van der Waals surface area contributed by atoms with Gasteiger partial charge in [0.25, 0.3) is 5.91 Å². The van der Waals surface area contributed by atoms with Gasteiger partial charge in [-0.05, 0) is 48.0 Å². The Balaban J connectivity index is 1.37. The average molecular weight is 398 g/mol. The van der Waals surface area contributed by atoms with E-state index in [0.29, 0.717) is 23.6 Å². The molecule has 1 aromatic heterocycles. The van der Waals surface area contributed by atoms with E-state index in [1.54, 1.807) is 24.3 Å². The van der Waals surface area contributed by atoms with Crippen molar-refractivity contribution in [2.45, 2.75) is 24.0 Å². The standard InChI is InChI=1S/C20H18N2O5S/c23-20(19-12-14-4-1-2-6-18(14)27-19)22-15-7-9-17(10-8-15)28(24,25)21-13-16-5-3-11-26-16/h1-11,19,21H,12-13H2,(H,22,23)/t19-/m1/s1. The first-order valence-corrected chi connectivity index (χ1v) is 10.2. The van der Waals surface area contributed by atoms with Crippen LogP contribution in [0.3, 0.4) is 0 Å². The van der Waals surface area contributed by atoms with Gasteiger partial charge in [0.15, 0.2) is 6.10 Å². The number of carbonyl (C=O) groups is 1. The first kappa shape index (κ1) is 18.3. The highest BCUT2D eigenvalue weighted by atomic mass is 32.2. The number of carbonyl (C=O) groups excluding carboxylic acids is 1. The van der Waals surface area contributed by atoms with E-state index in [2.05, 4.69) is 10.0 Å². The first-order chi connectivity index (χ1) is 13.5. The molecule has 0 spiro atoms. The molecule has 28 heavy (non-hydrogen) atoms. The quantitative estimate of drug-likeness (QED) is 0.665. The normalized spacial score (nSPS) is 15.6. The van der Waals surface area contributed by atoms with E-state index in [9.17, 15) is 13.2 Å². The van der Waals surface area contributed by atoms with Crippen LogP contribution < -0.4 is 14.8 Å². The van der Waals surface area contributed by atoms with Crippen LogP contribution in [0.4, 0.5) is 5.69 Å². The molecule has 8 heteroatoms. The van der Waals surface area contributed by atoms with Crippen molar-refractivity contribution < 1.29 is 22.4 Å². The van der Waals surface area contributed by atoms with E-state index in [1.807, 2.05) is 24.3 Å². The fourth-order valence-corrected chi connectivity index (χ4v) is 3.92. The van der Waals surface area contributed by atoms with Crippen LogP contribution in [-0.2, 0) is 27.8 Å². The number of para-hydroxylation sites is 1. The van der Waals surface area contributed by atoms with Gasteiger partial charge in [-0.25, -0.2) is 13.1 Å². The van der Waals surface area contributed by atoms with Crippen molar-refractivity contribution in [2.24, 2.45) is 0 Å². The SMILES string of the molecule is O=C(Nc1ccc(S(=O)(=O)NCc2ccco2)cc1)[C@H]1Cc2ccccc2O1. The molecule has 1 atom stereocenters. The van der Waals surface area contributed by atoms with Crippen molar-refractivity contribution >= 4 is 21.6 Å². The van der Waals surface area contributed by atoms with Gasteiger partial charge in [-0.15, -0.1) is 0 Å². The summed E-state index contributed by atoms with van der Waals surface area (Å²) in [5.41, 5.74) is 1.49. The van der Waals surface area contributed by atoms with E-state index in [-0.39, 0.29) is 17.3 Å². The van der Waals surface area contributed by atoms with Gasteiger partial charge in [0.1, 0.15) is 11.5 Å². The van der Waals surface area contributed by atoms with Crippen molar-refractivity contribution in [3.63, 3.8) is 0 Å². The summed E-state index contributed by atoms with van der Waals surface area (Å²) in [5.74, 6) is 0.958. The molecular weight excluding hydrogens is 380 g/mol. The molecule has 2 heterocycles. The van der Waals surface area contributed by atoms with Gasteiger partial charge in [-0.2, -0.15) is 0 Å². The van der Waals surface area contributed by atoms with Crippen molar-refractivity contribution in [3.05, 3.63) is 78.3 Å². The molecule has 0 radical (unpaired) electrons. The van der Waals surface area contributed by atoms with Crippen LogP contribution in [0, 0.1) is 0 Å². The van der Waals surface area contributed by atoms with Crippen molar-refractivity contribution in [1.82, 2.24) is 4.72 Å². The lowest BCUT2D eigenvalue weighted by atomic mass is 10.1. The van der Waals surface area contributed by atoms with Gasteiger partial charge < -0.3 is 14.5 Å². The monoisotopic (exact) mass is 398 g/mol. The van der Waals surface area contributed by atoms with Crippen molar-refractivity contribution in [2.75, 3.05) is 5.32 Å². The van der Waals surface area contributed by atoms with Crippen LogP contribution in [-0.4, -0.2) is 20.4 Å². The second-order valence-corrected chi connectivity index (χ2v) is 8.10. The molecule has 3 aromatic rings. The lowest BCUT2D eigenvalue weighted by Crippen LogP contribution is -2.31. The summed E-state index contributed by atoms with van der Waals surface area (Å²) in [6.45, 7) is 0.0629. The number of ether oxygens (including phenoxy) is 1. The minimum absolute atomic E-state index is 0.0629. The van der Waals surface area contributed by atoms with Crippen LogP contribution in [0.25, 0.3) is 0 Å².